The Kier molecular flexibility index (Phi) is 4.44. The molecule has 0 aliphatic carbocycles. The van der Waals surface area contributed by atoms with Crippen LogP contribution in [0.15, 0.2) is 58.1 Å². The number of carbonyl (C=O) groups is 1. The summed E-state index contributed by atoms with van der Waals surface area (Å²) in [5.74, 6) is -0.166. The number of non-ortho nitro benzene ring substituents is 1. The molecule has 0 fully saturated rings. The van der Waals surface area contributed by atoms with Crippen LogP contribution in [0.1, 0.15) is 30.5 Å². The lowest BCUT2D eigenvalue weighted by atomic mass is 9.98. The molecule has 1 aliphatic rings. The maximum absolute atomic E-state index is 12.0. The van der Waals surface area contributed by atoms with Crippen molar-refractivity contribution < 1.29 is 9.72 Å². The summed E-state index contributed by atoms with van der Waals surface area (Å²) in [5.41, 5.74) is 2.30. The summed E-state index contributed by atoms with van der Waals surface area (Å²) >= 11 is 3.44. The van der Waals surface area contributed by atoms with Gasteiger partial charge in [-0.3, -0.25) is 14.9 Å². The van der Waals surface area contributed by atoms with Crippen molar-refractivity contribution in [2.75, 3.05) is 0 Å². The molecule has 0 unspecified atom stereocenters. The number of amides is 1. The molecule has 0 saturated carbocycles. The van der Waals surface area contributed by atoms with Crippen molar-refractivity contribution in [3.8, 4) is 0 Å². The number of hydrogen-bond acceptors (Lipinski definition) is 4. The van der Waals surface area contributed by atoms with Crippen LogP contribution in [0.2, 0.25) is 0 Å². The molecule has 7 heteroatoms. The van der Waals surface area contributed by atoms with E-state index in [2.05, 4.69) is 21.0 Å². The third-order valence-electron chi connectivity index (χ3n) is 3.86. The quantitative estimate of drug-likeness (QED) is 0.588. The van der Waals surface area contributed by atoms with Crippen LogP contribution in [-0.4, -0.2) is 21.6 Å². The monoisotopic (exact) mass is 387 g/mol. The zero-order chi connectivity index (χ0) is 17.3. The van der Waals surface area contributed by atoms with E-state index in [4.69, 9.17) is 0 Å². The zero-order valence-corrected chi connectivity index (χ0v) is 14.4. The summed E-state index contributed by atoms with van der Waals surface area (Å²) in [5, 5.41) is 16.8. The normalized spacial score (nSPS) is 16.8. The van der Waals surface area contributed by atoms with Crippen LogP contribution in [0.5, 0.6) is 0 Å². The predicted octanol–water partition coefficient (Wildman–Crippen LogP) is 4.05. The van der Waals surface area contributed by atoms with Gasteiger partial charge in [-0.25, -0.2) is 5.01 Å². The topological polar surface area (TPSA) is 75.8 Å². The van der Waals surface area contributed by atoms with Gasteiger partial charge in [0.05, 0.1) is 16.7 Å². The van der Waals surface area contributed by atoms with Gasteiger partial charge in [0.2, 0.25) is 5.91 Å². The van der Waals surface area contributed by atoms with E-state index in [9.17, 15) is 14.9 Å². The third kappa shape index (κ3) is 3.21. The number of halogens is 1. The number of hydrogen-bond donors (Lipinski definition) is 0. The molecule has 1 heterocycles. The van der Waals surface area contributed by atoms with Crippen LogP contribution in [0, 0.1) is 10.1 Å². The molecular weight excluding hydrogens is 374 g/mol. The second-order valence-electron chi connectivity index (χ2n) is 5.49. The fourth-order valence-electron chi connectivity index (χ4n) is 2.75. The lowest BCUT2D eigenvalue weighted by Gasteiger charge is -2.20. The van der Waals surface area contributed by atoms with E-state index in [1.165, 1.54) is 24.1 Å². The van der Waals surface area contributed by atoms with Gasteiger partial charge in [-0.2, -0.15) is 5.10 Å². The Labute approximate surface area is 147 Å². The van der Waals surface area contributed by atoms with Crippen LogP contribution in [-0.2, 0) is 4.79 Å². The minimum absolute atomic E-state index is 0.00970. The Bertz CT molecular complexity index is 850. The van der Waals surface area contributed by atoms with Crippen molar-refractivity contribution in [3.05, 3.63) is 74.2 Å². The highest BCUT2D eigenvalue weighted by molar-refractivity contribution is 9.10. The number of hydrazone groups is 1. The molecular formula is C17H14BrN3O3. The molecule has 0 saturated heterocycles. The van der Waals surface area contributed by atoms with Gasteiger partial charge in [0, 0.05) is 35.5 Å². The molecule has 122 valence electrons. The summed E-state index contributed by atoms with van der Waals surface area (Å²) in [7, 11) is 0. The molecule has 6 nitrogen and oxygen atoms in total. The molecule has 1 amide bonds. The summed E-state index contributed by atoms with van der Waals surface area (Å²) in [6, 6.07) is 13.8. The van der Waals surface area contributed by atoms with Gasteiger partial charge in [-0.05, 0) is 17.7 Å². The highest BCUT2D eigenvalue weighted by Crippen LogP contribution is 2.34. The smallest absolute Gasteiger partial charge is 0.270 e. The second-order valence-corrected chi connectivity index (χ2v) is 6.41. The second kappa shape index (κ2) is 6.52. The van der Waals surface area contributed by atoms with Crippen LogP contribution < -0.4 is 0 Å². The van der Waals surface area contributed by atoms with Gasteiger partial charge in [-0.1, -0.05) is 40.2 Å². The summed E-state index contributed by atoms with van der Waals surface area (Å²) in [6.45, 7) is 1.46. The van der Waals surface area contributed by atoms with E-state index in [0.29, 0.717) is 17.7 Å². The summed E-state index contributed by atoms with van der Waals surface area (Å²) < 4.78 is 0.923. The molecule has 24 heavy (non-hydrogen) atoms. The molecule has 2 aromatic carbocycles. The molecule has 3 rings (SSSR count). The first-order valence-corrected chi connectivity index (χ1v) is 8.12. The van der Waals surface area contributed by atoms with Crippen LogP contribution >= 0.6 is 15.9 Å². The lowest BCUT2D eigenvalue weighted by molar-refractivity contribution is -0.384. The maximum atomic E-state index is 12.0. The molecule has 0 aromatic heterocycles. The van der Waals surface area contributed by atoms with Crippen molar-refractivity contribution in [2.45, 2.75) is 19.4 Å². The molecule has 0 N–H and O–H groups in total. The Morgan fingerprint density at radius 3 is 2.71 bits per heavy atom. The summed E-state index contributed by atoms with van der Waals surface area (Å²) in [4.78, 5) is 22.5. The minimum Gasteiger partial charge on any atom is -0.273 e. The number of nitrogens with zero attached hydrogens (tertiary/aromatic N) is 3. The average Bonchev–Trinajstić information content (AvgIpc) is 3.00. The molecule has 0 bridgehead atoms. The standard InChI is InChI=1S/C17H14BrN3O3/c1-11(22)20-17(13-5-2-6-14(18)8-13)10-16(19-20)12-4-3-7-15(9-12)21(23)24/h2-9,17H,10H2,1H3/t17-/m1/s1. The Morgan fingerprint density at radius 1 is 1.29 bits per heavy atom. The molecule has 0 radical (unpaired) electrons. The van der Waals surface area contributed by atoms with Crippen molar-refractivity contribution in [2.24, 2.45) is 5.10 Å². The van der Waals surface area contributed by atoms with E-state index < -0.39 is 4.92 Å². The highest BCUT2D eigenvalue weighted by Gasteiger charge is 2.31. The Morgan fingerprint density at radius 2 is 2.04 bits per heavy atom. The third-order valence-corrected chi connectivity index (χ3v) is 4.35. The lowest BCUT2D eigenvalue weighted by Crippen LogP contribution is -2.24. The molecule has 1 aliphatic heterocycles. The number of nitro groups is 1. The number of carbonyl (C=O) groups excluding carboxylic acids is 1. The predicted molar refractivity (Wildman–Crippen MR) is 93.7 cm³/mol. The van der Waals surface area contributed by atoms with Gasteiger partial charge in [0.1, 0.15) is 0 Å². The number of benzene rings is 2. The average molecular weight is 388 g/mol. The van der Waals surface area contributed by atoms with Crippen LogP contribution in [0.25, 0.3) is 0 Å². The maximum Gasteiger partial charge on any atom is 0.270 e. The summed E-state index contributed by atoms with van der Waals surface area (Å²) in [6.07, 6.45) is 0.511. The van der Waals surface area contributed by atoms with Gasteiger partial charge in [0.25, 0.3) is 5.69 Å². The highest BCUT2D eigenvalue weighted by atomic mass is 79.9. The van der Waals surface area contributed by atoms with E-state index in [-0.39, 0.29) is 17.6 Å². The first-order chi connectivity index (χ1) is 11.5. The van der Waals surface area contributed by atoms with Crippen molar-refractivity contribution >= 4 is 33.2 Å². The number of nitro benzene ring substituents is 1. The first kappa shape index (κ1) is 16.3. The molecule has 2 aromatic rings. The van der Waals surface area contributed by atoms with Crippen LogP contribution in [0.3, 0.4) is 0 Å². The van der Waals surface area contributed by atoms with Crippen molar-refractivity contribution in [3.63, 3.8) is 0 Å². The van der Waals surface area contributed by atoms with E-state index in [0.717, 1.165) is 10.0 Å². The van der Waals surface area contributed by atoms with Crippen LogP contribution in [0.4, 0.5) is 5.69 Å². The fourth-order valence-corrected chi connectivity index (χ4v) is 3.16. The van der Waals surface area contributed by atoms with Crippen molar-refractivity contribution in [1.29, 1.82) is 0 Å². The van der Waals surface area contributed by atoms with E-state index >= 15 is 0 Å². The van der Waals surface area contributed by atoms with E-state index in [1.807, 2.05) is 24.3 Å². The fraction of sp³-hybridized carbons (Fsp3) is 0.176. The van der Waals surface area contributed by atoms with Gasteiger partial charge in [0.15, 0.2) is 0 Å². The molecule has 1 atom stereocenters. The van der Waals surface area contributed by atoms with Gasteiger partial charge >= 0.3 is 0 Å². The number of rotatable bonds is 3. The van der Waals surface area contributed by atoms with Gasteiger partial charge < -0.3 is 0 Å². The largest absolute Gasteiger partial charge is 0.273 e. The SMILES string of the molecule is CC(=O)N1N=C(c2cccc([N+](=O)[O-])c2)C[C@@H]1c1cccc(Br)c1. The minimum atomic E-state index is -0.437. The Hall–Kier alpha value is -2.54. The van der Waals surface area contributed by atoms with Crippen molar-refractivity contribution in [1.82, 2.24) is 5.01 Å². The van der Waals surface area contributed by atoms with Gasteiger partial charge in [-0.15, -0.1) is 0 Å². The zero-order valence-electron chi connectivity index (χ0n) is 12.8. The molecule has 0 spiro atoms. The first-order valence-electron chi connectivity index (χ1n) is 7.33. The Balaban J connectivity index is 1.97. The van der Waals surface area contributed by atoms with E-state index in [1.54, 1.807) is 12.1 Å².